The van der Waals surface area contributed by atoms with E-state index < -0.39 is 60.2 Å². The lowest BCUT2D eigenvalue weighted by Crippen LogP contribution is -2.65. The first kappa shape index (κ1) is 21.4. The van der Waals surface area contributed by atoms with Crippen molar-refractivity contribution in [3.05, 3.63) is 0 Å². The molecule has 2 rings (SSSR count). The van der Waals surface area contributed by atoms with E-state index in [-0.39, 0.29) is 18.3 Å². The van der Waals surface area contributed by atoms with Gasteiger partial charge in [-0.3, -0.25) is 9.69 Å². The molecule has 166 valence electrons. The highest BCUT2D eigenvalue weighted by atomic mass is 35.5. The molecule has 10 heteroatoms. The first-order chi connectivity index (χ1) is 13.9. The molecule has 9 atom stereocenters. The fraction of sp³-hybridized carbons (Fsp3) is 0.944. The summed E-state index contributed by atoms with van der Waals surface area (Å²) in [6.45, 7) is 1.54. The van der Waals surface area contributed by atoms with Crippen molar-refractivity contribution in [3.63, 3.8) is 0 Å². The van der Waals surface area contributed by atoms with Crippen LogP contribution in [0.15, 0.2) is 0 Å². The van der Waals surface area contributed by atoms with E-state index in [0.717, 1.165) is 24.6 Å². The van der Waals surface area contributed by atoms with E-state index in [4.69, 9.17) is 20.5 Å². The van der Waals surface area contributed by atoms with E-state index >= 15 is 0 Å². The van der Waals surface area contributed by atoms with Gasteiger partial charge in [-0.1, -0.05) is 13.3 Å². The third-order valence-corrected chi connectivity index (χ3v) is 6.51. The summed E-state index contributed by atoms with van der Waals surface area (Å²) in [7, 11) is 0. The molecule has 0 unspecified atom stereocenters. The van der Waals surface area contributed by atoms with Crippen molar-refractivity contribution in [3.8, 4) is 0 Å². The van der Waals surface area contributed by atoms with Crippen LogP contribution in [0.5, 0.6) is 0 Å². The summed E-state index contributed by atoms with van der Waals surface area (Å²) in [6, 6.07) is -1.74. The van der Waals surface area contributed by atoms with Crippen LogP contribution in [0, 0.1) is 5.92 Å². The summed E-state index contributed by atoms with van der Waals surface area (Å²) >= 11 is 7.46. The van der Waals surface area contributed by atoms with Crippen LogP contribution in [0.4, 0.5) is 0 Å². The van der Waals surface area contributed by atoms with E-state index in [0.29, 0.717) is 13.0 Å². The first-order valence-electron chi connectivity index (χ1n) is 10.9. The topological polar surface area (TPSA) is 102 Å². The quantitative estimate of drug-likeness (QED) is 0.414. The van der Waals surface area contributed by atoms with Crippen molar-refractivity contribution in [1.82, 2.24) is 10.2 Å². The van der Waals surface area contributed by atoms with Crippen LogP contribution in [0.25, 0.3) is 0 Å². The van der Waals surface area contributed by atoms with Gasteiger partial charge in [0.2, 0.25) is 5.91 Å². The molecule has 0 spiro atoms. The van der Waals surface area contributed by atoms with Crippen molar-refractivity contribution in [1.29, 1.82) is 0 Å². The second-order valence-electron chi connectivity index (χ2n) is 7.45. The minimum Gasteiger partial charge on any atom is -0.388 e. The zero-order chi connectivity index (χ0) is 22.8. The van der Waals surface area contributed by atoms with E-state index in [1.54, 1.807) is 13.2 Å². The van der Waals surface area contributed by atoms with E-state index in [1.807, 2.05) is 6.92 Å². The molecule has 28 heavy (non-hydrogen) atoms. The van der Waals surface area contributed by atoms with Crippen LogP contribution >= 0.6 is 35.8 Å². The van der Waals surface area contributed by atoms with E-state index in [2.05, 4.69) is 5.32 Å². The summed E-state index contributed by atoms with van der Waals surface area (Å²) in [5.74, 6) is -0.397. The summed E-state index contributed by atoms with van der Waals surface area (Å²) < 4.78 is 29.1. The van der Waals surface area contributed by atoms with Gasteiger partial charge in [-0.15, -0.1) is 35.8 Å². The van der Waals surface area contributed by atoms with Crippen LogP contribution in [0.1, 0.15) is 37.2 Å². The SMILES string of the molecule is Cl.[2H]C([2H])([2H])N1C[C@H](CCC)C[C@H]1C(=O)N[C@@H]([C@H]1O[C@H](SC)[C@H](O)[C@@H](O)[C@H]1O)[C@H](C)Cl. The van der Waals surface area contributed by atoms with Crippen molar-refractivity contribution < 1.29 is 29.0 Å². The van der Waals surface area contributed by atoms with E-state index in [9.17, 15) is 20.1 Å². The Bertz CT molecular complexity index is 591. The Morgan fingerprint density at radius 3 is 2.61 bits per heavy atom. The van der Waals surface area contributed by atoms with Crippen molar-refractivity contribution >= 4 is 41.7 Å². The van der Waals surface area contributed by atoms with Gasteiger partial charge in [0.25, 0.3) is 0 Å². The molecule has 2 heterocycles. The number of halogens is 2. The molecule has 0 bridgehead atoms. The van der Waals surface area contributed by atoms with Crippen LogP contribution < -0.4 is 5.32 Å². The number of carbonyl (C=O) groups is 1. The fourth-order valence-corrected chi connectivity index (χ4v) is 4.76. The fourth-order valence-electron chi connectivity index (χ4n) is 3.87. The molecular weight excluding hydrogens is 427 g/mol. The first-order valence-corrected chi connectivity index (χ1v) is 11.1. The van der Waals surface area contributed by atoms with Gasteiger partial charge in [0.05, 0.1) is 17.5 Å². The van der Waals surface area contributed by atoms with Gasteiger partial charge in [-0.25, -0.2) is 0 Å². The van der Waals surface area contributed by atoms with Gasteiger partial charge < -0.3 is 25.4 Å². The van der Waals surface area contributed by atoms with Crippen LogP contribution in [0.2, 0.25) is 0 Å². The lowest BCUT2D eigenvalue weighted by molar-refractivity contribution is -0.205. The van der Waals surface area contributed by atoms with Gasteiger partial charge in [-0.05, 0) is 38.9 Å². The Hall–Kier alpha value is 0.200. The van der Waals surface area contributed by atoms with E-state index in [1.165, 1.54) is 4.90 Å². The third-order valence-electron chi connectivity index (χ3n) is 5.38. The molecule has 2 fully saturated rings. The van der Waals surface area contributed by atoms with Gasteiger partial charge in [0, 0.05) is 10.7 Å². The summed E-state index contributed by atoms with van der Waals surface area (Å²) in [6.07, 6.45) is -1.45. The number of likely N-dealkylation sites (tertiary alicyclic amines) is 1. The molecule has 0 aromatic heterocycles. The number of amides is 1. The molecule has 0 radical (unpaired) electrons. The molecule has 2 aliphatic heterocycles. The highest BCUT2D eigenvalue weighted by molar-refractivity contribution is 7.99. The summed E-state index contributed by atoms with van der Waals surface area (Å²) in [5, 5.41) is 32.8. The average Bonchev–Trinajstić information content (AvgIpc) is 3.09. The molecule has 7 nitrogen and oxygen atoms in total. The number of aliphatic hydroxyl groups is 3. The minimum absolute atomic E-state index is 0. The second kappa shape index (κ2) is 11.6. The zero-order valence-corrected chi connectivity index (χ0v) is 18.7. The number of rotatable bonds is 7. The maximum absolute atomic E-state index is 13.1. The van der Waals surface area contributed by atoms with Gasteiger partial charge >= 0.3 is 0 Å². The number of nitrogens with one attached hydrogen (secondary N) is 1. The standard InChI is InChI=1S/C18H33ClN2O5S.ClH/c1-5-6-10-7-11(21(3)8-10)17(25)20-12(9(2)19)16-14(23)13(22)15(24)18(26-16)27-4;/h9-16,18,22-24H,5-8H2,1-4H3,(H,20,25);1H/t9-,10+,11-,12+,13-,14+,15+,16+,18+;/m0./s1/i3D3;. The third kappa shape index (κ3) is 5.88. The number of nitrogens with zero attached hydrogens (tertiary/aromatic N) is 1. The summed E-state index contributed by atoms with van der Waals surface area (Å²) in [5.41, 5.74) is -0.803. The number of hydrogen-bond acceptors (Lipinski definition) is 7. The van der Waals surface area contributed by atoms with Gasteiger partial charge in [0.1, 0.15) is 29.9 Å². The number of likely N-dealkylation sites (N-methyl/N-ethyl adjacent to an activating group) is 1. The Kier molecular flexibility index (Phi) is 8.84. The minimum atomic E-state index is -2.41. The molecular formula is C18H34Cl2N2O5S. The number of hydrogen-bond donors (Lipinski definition) is 4. The number of aliphatic hydroxyl groups excluding tert-OH is 3. The molecule has 0 aromatic carbocycles. The maximum atomic E-state index is 13.1. The molecule has 4 N–H and O–H groups in total. The predicted molar refractivity (Wildman–Crippen MR) is 114 cm³/mol. The number of alkyl halides is 1. The molecule has 2 saturated heterocycles. The van der Waals surface area contributed by atoms with Gasteiger partial charge in [0.15, 0.2) is 0 Å². The van der Waals surface area contributed by atoms with Crippen LogP contribution in [0.3, 0.4) is 0 Å². The number of ether oxygens (including phenoxy) is 1. The van der Waals surface area contributed by atoms with Gasteiger partial charge in [-0.2, -0.15) is 0 Å². The number of thioether (sulfide) groups is 1. The second-order valence-corrected chi connectivity index (χ2v) is 9.07. The van der Waals surface area contributed by atoms with Crippen LogP contribution in [-0.2, 0) is 9.53 Å². The number of carbonyl (C=O) groups excluding carboxylic acids is 1. The average molecular weight is 464 g/mol. The monoisotopic (exact) mass is 463 g/mol. The van der Waals surface area contributed by atoms with Crippen LogP contribution in [-0.4, -0.2) is 93.2 Å². The Morgan fingerprint density at radius 2 is 2.07 bits per heavy atom. The van der Waals surface area contributed by atoms with Crippen molar-refractivity contribution in [2.24, 2.45) is 5.92 Å². The van der Waals surface area contributed by atoms with Crippen molar-refractivity contribution in [2.75, 3.05) is 19.8 Å². The highest BCUT2D eigenvalue weighted by Gasteiger charge is 2.48. The molecule has 0 aliphatic carbocycles. The zero-order valence-electron chi connectivity index (χ0n) is 19.3. The smallest absolute Gasteiger partial charge is 0.237 e. The molecule has 1 amide bonds. The molecule has 0 aromatic rings. The molecule has 0 saturated carbocycles. The Morgan fingerprint density at radius 1 is 1.39 bits per heavy atom. The normalized spacial score (nSPS) is 40.5. The lowest BCUT2D eigenvalue weighted by Gasteiger charge is -2.44. The Labute approximate surface area is 187 Å². The maximum Gasteiger partial charge on any atom is 0.237 e. The molecule has 2 aliphatic rings. The van der Waals surface area contributed by atoms with Crippen molar-refractivity contribution in [2.45, 2.75) is 80.4 Å². The Balaban J connectivity index is 0.00000480. The largest absolute Gasteiger partial charge is 0.388 e. The predicted octanol–water partition coefficient (Wildman–Crippen LogP) is 0.811. The lowest BCUT2D eigenvalue weighted by atomic mass is 9.92. The highest BCUT2D eigenvalue weighted by Crippen LogP contribution is 2.31. The summed E-state index contributed by atoms with van der Waals surface area (Å²) in [4.78, 5) is 14.3.